The summed E-state index contributed by atoms with van der Waals surface area (Å²) in [6, 6.07) is 10.1. The molecule has 0 aliphatic rings. The topological polar surface area (TPSA) is 56.5 Å². The SMILES string of the molecule is COc1cnc2sc(SCc3ccccc3)nn2c1=O. The Balaban J connectivity index is 1.86. The quantitative estimate of drug-likeness (QED) is 0.693. The Bertz CT molecular complexity index is 783. The largest absolute Gasteiger partial charge is 0.490 e. The van der Waals surface area contributed by atoms with Gasteiger partial charge in [0, 0.05) is 5.75 Å². The van der Waals surface area contributed by atoms with Crippen LogP contribution in [0.5, 0.6) is 5.75 Å². The Kier molecular flexibility index (Phi) is 3.70. The standard InChI is InChI=1S/C13H11N3O2S2/c1-18-10-7-14-12-16(11(10)17)15-13(20-12)19-8-9-5-3-2-4-6-9/h2-7H,8H2,1H3. The number of ether oxygens (including phenoxy) is 1. The van der Waals surface area contributed by atoms with Crippen LogP contribution in [-0.4, -0.2) is 21.7 Å². The molecule has 3 aromatic rings. The Morgan fingerprint density at radius 2 is 2.15 bits per heavy atom. The van der Waals surface area contributed by atoms with Gasteiger partial charge in [0.15, 0.2) is 4.34 Å². The van der Waals surface area contributed by atoms with Crippen LogP contribution in [0.3, 0.4) is 0 Å². The van der Waals surface area contributed by atoms with Crippen molar-refractivity contribution < 1.29 is 4.74 Å². The van der Waals surface area contributed by atoms with Crippen molar-refractivity contribution in [3.8, 4) is 5.75 Å². The molecule has 0 bridgehead atoms. The number of nitrogens with zero attached hydrogens (tertiary/aromatic N) is 3. The van der Waals surface area contributed by atoms with Gasteiger partial charge in [0.2, 0.25) is 10.7 Å². The first-order valence-electron chi connectivity index (χ1n) is 5.87. The average molecular weight is 305 g/mol. The van der Waals surface area contributed by atoms with E-state index in [0.717, 1.165) is 10.1 Å². The van der Waals surface area contributed by atoms with E-state index in [2.05, 4.69) is 22.2 Å². The monoisotopic (exact) mass is 305 g/mol. The van der Waals surface area contributed by atoms with E-state index in [1.54, 1.807) is 11.8 Å². The molecule has 0 aliphatic heterocycles. The van der Waals surface area contributed by atoms with Crippen molar-refractivity contribution in [2.45, 2.75) is 10.1 Å². The maximum atomic E-state index is 12.0. The summed E-state index contributed by atoms with van der Waals surface area (Å²) in [6.45, 7) is 0. The second-order valence-corrected chi connectivity index (χ2v) is 6.15. The summed E-state index contributed by atoms with van der Waals surface area (Å²) < 4.78 is 7.05. The first-order valence-corrected chi connectivity index (χ1v) is 7.68. The zero-order valence-electron chi connectivity index (χ0n) is 10.6. The molecular formula is C13H11N3O2S2. The Hall–Kier alpha value is -1.86. The number of hydrogen-bond donors (Lipinski definition) is 0. The van der Waals surface area contributed by atoms with Crippen molar-refractivity contribution in [1.29, 1.82) is 0 Å². The van der Waals surface area contributed by atoms with Crippen LogP contribution >= 0.6 is 23.1 Å². The molecule has 2 aromatic heterocycles. The van der Waals surface area contributed by atoms with Gasteiger partial charge in [-0.15, -0.1) is 5.10 Å². The van der Waals surface area contributed by atoms with Gasteiger partial charge < -0.3 is 4.74 Å². The average Bonchev–Trinajstić information content (AvgIpc) is 2.91. The van der Waals surface area contributed by atoms with Gasteiger partial charge in [-0.25, -0.2) is 4.98 Å². The van der Waals surface area contributed by atoms with Crippen LogP contribution in [0.4, 0.5) is 0 Å². The predicted octanol–water partition coefficient (Wildman–Crippen LogP) is 2.45. The highest BCUT2D eigenvalue weighted by Gasteiger charge is 2.10. The summed E-state index contributed by atoms with van der Waals surface area (Å²) >= 11 is 2.99. The summed E-state index contributed by atoms with van der Waals surface area (Å²) in [6.07, 6.45) is 1.43. The van der Waals surface area contributed by atoms with E-state index in [4.69, 9.17) is 4.74 Å². The molecule has 1 aromatic carbocycles. The summed E-state index contributed by atoms with van der Waals surface area (Å²) in [4.78, 5) is 16.7. The van der Waals surface area contributed by atoms with Gasteiger partial charge in [-0.05, 0) is 5.56 Å². The fraction of sp³-hybridized carbons (Fsp3) is 0.154. The highest BCUT2D eigenvalue weighted by molar-refractivity contribution is 8.00. The fourth-order valence-corrected chi connectivity index (χ4v) is 3.52. The van der Waals surface area contributed by atoms with E-state index in [9.17, 15) is 4.79 Å². The minimum Gasteiger partial charge on any atom is -0.490 e. The van der Waals surface area contributed by atoms with Crippen molar-refractivity contribution in [3.63, 3.8) is 0 Å². The first kappa shape index (κ1) is 13.1. The molecule has 0 N–H and O–H groups in total. The van der Waals surface area contributed by atoms with Gasteiger partial charge in [0.25, 0.3) is 0 Å². The number of fused-ring (bicyclic) bond motifs is 1. The molecule has 20 heavy (non-hydrogen) atoms. The molecule has 0 unspecified atom stereocenters. The van der Waals surface area contributed by atoms with E-state index in [-0.39, 0.29) is 11.3 Å². The first-order chi connectivity index (χ1) is 9.78. The molecule has 7 heteroatoms. The lowest BCUT2D eigenvalue weighted by molar-refractivity contribution is 0.404. The highest BCUT2D eigenvalue weighted by Crippen LogP contribution is 2.26. The molecule has 0 radical (unpaired) electrons. The molecular weight excluding hydrogens is 294 g/mol. The van der Waals surface area contributed by atoms with Crippen LogP contribution in [0, 0.1) is 0 Å². The minimum absolute atomic E-state index is 0.201. The molecule has 5 nitrogen and oxygen atoms in total. The number of thioether (sulfide) groups is 1. The number of methoxy groups -OCH3 is 1. The summed E-state index contributed by atoms with van der Waals surface area (Å²) in [5.41, 5.74) is 0.940. The maximum absolute atomic E-state index is 12.0. The van der Waals surface area contributed by atoms with Crippen molar-refractivity contribution in [2.75, 3.05) is 7.11 Å². The van der Waals surface area contributed by atoms with E-state index in [1.165, 1.54) is 34.7 Å². The molecule has 0 saturated heterocycles. The second-order valence-electron chi connectivity index (χ2n) is 3.97. The molecule has 3 rings (SSSR count). The van der Waals surface area contributed by atoms with E-state index in [1.807, 2.05) is 18.2 Å². The third-order valence-corrected chi connectivity index (χ3v) is 4.79. The predicted molar refractivity (Wildman–Crippen MR) is 79.7 cm³/mol. The van der Waals surface area contributed by atoms with Gasteiger partial charge in [-0.2, -0.15) is 4.52 Å². The lowest BCUT2D eigenvalue weighted by Gasteiger charge is -1.97. The van der Waals surface area contributed by atoms with Crippen molar-refractivity contribution in [3.05, 3.63) is 52.4 Å². The Morgan fingerprint density at radius 1 is 1.35 bits per heavy atom. The van der Waals surface area contributed by atoms with Crippen molar-refractivity contribution in [1.82, 2.24) is 14.6 Å². The summed E-state index contributed by atoms with van der Waals surface area (Å²) in [7, 11) is 1.45. The third-order valence-electron chi connectivity index (χ3n) is 2.66. The van der Waals surface area contributed by atoms with E-state index < -0.39 is 0 Å². The van der Waals surface area contributed by atoms with Gasteiger partial charge in [0.05, 0.1) is 13.3 Å². The van der Waals surface area contributed by atoms with Crippen molar-refractivity contribution in [2.24, 2.45) is 0 Å². The number of aromatic nitrogens is 3. The molecule has 0 saturated carbocycles. The number of hydrogen-bond acceptors (Lipinski definition) is 6. The third kappa shape index (κ3) is 2.54. The zero-order chi connectivity index (χ0) is 13.9. The molecule has 2 heterocycles. The minimum atomic E-state index is -0.277. The fourth-order valence-electron chi connectivity index (χ4n) is 1.67. The second kappa shape index (κ2) is 5.64. The molecule has 0 atom stereocenters. The van der Waals surface area contributed by atoms with Gasteiger partial charge in [0.1, 0.15) is 0 Å². The number of rotatable bonds is 4. The van der Waals surface area contributed by atoms with Crippen LogP contribution in [0.1, 0.15) is 5.56 Å². The molecule has 0 amide bonds. The Morgan fingerprint density at radius 3 is 2.90 bits per heavy atom. The van der Waals surface area contributed by atoms with E-state index >= 15 is 0 Å². The molecule has 0 spiro atoms. The van der Waals surface area contributed by atoms with Crippen molar-refractivity contribution >= 4 is 28.1 Å². The van der Waals surface area contributed by atoms with Crippen LogP contribution < -0.4 is 10.3 Å². The number of benzene rings is 1. The van der Waals surface area contributed by atoms with Crippen LogP contribution in [-0.2, 0) is 5.75 Å². The highest BCUT2D eigenvalue weighted by atomic mass is 32.2. The summed E-state index contributed by atoms with van der Waals surface area (Å²) in [5, 5.41) is 4.28. The van der Waals surface area contributed by atoms with Gasteiger partial charge >= 0.3 is 5.56 Å². The lowest BCUT2D eigenvalue weighted by atomic mass is 10.2. The smallest absolute Gasteiger partial charge is 0.317 e. The van der Waals surface area contributed by atoms with E-state index in [0.29, 0.717) is 4.96 Å². The van der Waals surface area contributed by atoms with Gasteiger partial charge in [-0.3, -0.25) is 4.79 Å². The Labute approximate surface area is 123 Å². The normalized spacial score (nSPS) is 10.8. The van der Waals surface area contributed by atoms with Crippen LogP contribution in [0.25, 0.3) is 4.96 Å². The molecule has 0 aliphatic carbocycles. The van der Waals surface area contributed by atoms with Crippen LogP contribution in [0.2, 0.25) is 0 Å². The summed E-state index contributed by atoms with van der Waals surface area (Å²) in [5.74, 6) is 1.01. The molecule has 0 fully saturated rings. The zero-order valence-corrected chi connectivity index (χ0v) is 12.3. The lowest BCUT2D eigenvalue weighted by Crippen LogP contribution is -2.16. The van der Waals surface area contributed by atoms with Gasteiger partial charge in [-0.1, -0.05) is 53.4 Å². The van der Waals surface area contributed by atoms with Crippen LogP contribution in [0.15, 0.2) is 45.7 Å². The maximum Gasteiger partial charge on any atom is 0.317 e. The molecule has 102 valence electrons.